The van der Waals surface area contributed by atoms with E-state index < -0.39 is 0 Å². The van der Waals surface area contributed by atoms with Crippen molar-refractivity contribution in [3.63, 3.8) is 0 Å². The first-order valence-corrected chi connectivity index (χ1v) is 6.51. The molecular formula is C14H24ClN3O2. The van der Waals surface area contributed by atoms with Crippen molar-refractivity contribution in [3.05, 3.63) is 29.6 Å². The molecule has 6 heteroatoms. The Balaban J connectivity index is 0.00000361. The number of hydrogen-bond donors (Lipinski definition) is 1. The zero-order chi connectivity index (χ0) is 14.3. The Hall–Kier alpha value is -1.17. The number of carbonyl (C=O) groups is 1. The Morgan fingerprint density at radius 3 is 2.75 bits per heavy atom. The summed E-state index contributed by atoms with van der Waals surface area (Å²) < 4.78 is 5.06. The molecule has 1 aromatic rings. The summed E-state index contributed by atoms with van der Waals surface area (Å²) >= 11 is 0. The van der Waals surface area contributed by atoms with E-state index >= 15 is 0 Å². The van der Waals surface area contributed by atoms with Gasteiger partial charge in [-0.15, -0.1) is 12.4 Å². The number of methoxy groups -OCH3 is 1. The molecule has 0 saturated carbocycles. The monoisotopic (exact) mass is 301 g/mol. The number of halogens is 1. The highest BCUT2D eigenvalue weighted by atomic mass is 35.5. The molecule has 0 atom stereocenters. The first-order valence-electron chi connectivity index (χ1n) is 6.51. The molecule has 0 radical (unpaired) electrons. The predicted octanol–water partition coefficient (Wildman–Crippen LogP) is 1.71. The number of rotatable bonds is 7. The lowest BCUT2D eigenvalue weighted by molar-refractivity contribution is 0.0672. The van der Waals surface area contributed by atoms with Gasteiger partial charge < -0.3 is 15.4 Å². The van der Waals surface area contributed by atoms with E-state index in [1.807, 2.05) is 4.90 Å². The molecule has 0 bridgehead atoms. The van der Waals surface area contributed by atoms with Crippen molar-refractivity contribution in [3.8, 4) is 0 Å². The molecule has 0 fully saturated rings. The van der Waals surface area contributed by atoms with Crippen LogP contribution < -0.4 is 5.73 Å². The summed E-state index contributed by atoms with van der Waals surface area (Å²) in [6.45, 7) is 6.35. The normalized spacial score (nSPS) is 10.2. The summed E-state index contributed by atoms with van der Waals surface area (Å²) in [5.41, 5.74) is 6.90. The van der Waals surface area contributed by atoms with Gasteiger partial charge in [0.05, 0.1) is 12.3 Å². The van der Waals surface area contributed by atoms with Crippen LogP contribution in [0.1, 0.15) is 29.9 Å². The second-order valence-electron chi connectivity index (χ2n) is 4.88. The molecule has 2 N–H and O–H groups in total. The topological polar surface area (TPSA) is 68.5 Å². The fourth-order valence-electron chi connectivity index (χ4n) is 1.82. The van der Waals surface area contributed by atoms with E-state index in [1.165, 1.54) is 0 Å². The van der Waals surface area contributed by atoms with Gasteiger partial charge in [0.15, 0.2) is 0 Å². The number of carbonyl (C=O) groups excluding carboxylic acids is 1. The second kappa shape index (κ2) is 9.69. The number of hydrogen-bond acceptors (Lipinski definition) is 4. The van der Waals surface area contributed by atoms with Gasteiger partial charge in [-0.25, -0.2) is 0 Å². The number of amides is 1. The predicted molar refractivity (Wildman–Crippen MR) is 82.0 cm³/mol. The van der Waals surface area contributed by atoms with E-state index in [0.29, 0.717) is 37.7 Å². The summed E-state index contributed by atoms with van der Waals surface area (Å²) in [7, 11) is 1.64. The highest BCUT2D eigenvalue weighted by Crippen LogP contribution is 2.08. The molecule has 1 rings (SSSR count). The first-order chi connectivity index (χ1) is 9.08. The Kier molecular flexibility index (Phi) is 9.12. The average molecular weight is 302 g/mol. The fraction of sp³-hybridized carbons (Fsp3) is 0.571. The molecule has 0 saturated heterocycles. The minimum absolute atomic E-state index is 0. The molecule has 0 spiro atoms. The van der Waals surface area contributed by atoms with Crippen LogP contribution in [0.4, 0.5) is 0 Å². The Bertz CT molecular complexity index is 413. The van der Waals surface area contributed by atoms with E-state index in [4.69, 9.17) is 10.5 Å². The summed E-state index contributed by atoms with van der Waals surface area (Å²) in [5, 5.41) is 0. The second-order valence-corrected chi connectivity index (χ2v) is 4.88. The van der Waals surface area contributed by atoms with E-state index in [0.717, 1.165) is 5.69 Å². The molecule has 0 aromatic carbocycles. The van der Waals surface area contributed by atoms with Crippen LogP contribution >= 0.6 is 12.4 Å². The first kappa shape index (κ1) is 18.8. The van der Waals surface area contributed by atoms with Crippen LogP contribution in [0.5, 0.6) is 0 Å². The molecule has 0 aliphatic carbocycles. The third-order valence-electron chi connectivity index (χ3n) is 2.71. The standard InChI is InChI=1S/C14H23N3O2.ClH/c1-11(2)10-17(6-7-19-3)14(18)12-4-5-16-13(8-12)9-15;/h4-5,8,11H,6-7,9-10,15H2,1-3H3;1H. The van der Waals surface area contributed by atoms with Crippen molar-refractivity contribution in [2.24, 2.45) is 11.7 Å². The Morgan fingerprint density at radius 2 is 2.20 bits per heavy atom. The maximum Gasteiger partial charge on any atom is 0.254 e. The van der Waals surface area contributed by atoms with Gasteiger partial charge in [-0.05, 0) is 18.1 Å². The average Bonchev–Trinajstić information content (AvgIpc) is 2.42. The minimum Gasteiger partial charge on any atom is -0.383 e. The number of ether oxygens (including phenoxy) is 1. The molecule has 0 aliphatic rings. The summed E-state index contributed by atoms with van der Waals surface area (Å²) in [5.74, 6) is 0.416. The van der Waals surface area contributed by atoms with Gasteiger partial charge in [0, 0.05) is 38.5 Å². The van der Waals surface area contributed by atoms with Crippen LogP contribution in [-0.2, 0) is 11.3 Å². The molecule has 5 nitrogen and oxygen atoms in total. The number of nitrogens with two attached hydrogens (primary N) is 1. The molecule has 1 amide bonds. The zero-order valence-corrected chi connectivity index (χ0v) is 13.2. The molecule has 0 aliphatic heterocycles. The van der Waals surface area contributed by atoms with Gasteiger partial charge in [-0.3, -0.25) is 9.78 Å². The molecule has 1 aromatic heterocycles. The van der Waals surface area contributed by atoms with E-state index in [9.17, 15) is 4.79 Å². The van der Waals surface area contributed by atoms with Crippen LogP contribution in [0, 0.1) is 5.92 Å². The maximum atomic E-state index is 12.5. The lowest BCUT2D eigenvalue weighted by atomic mass is 10.1. The quantitative estimate of drug-likeness (QED) is 0.832. The molecular weight excluding hydrogens is 278 g/mol. The van der Waals surface area contributed by atoms with Gasteiger partial charge in [-0.1, -0.05) is 13.8 Å². The smallest absolute Gasteiger partial charge is 0.254 e. The van der Waals surface area contributed by atoms with E-state index in [2.05, 4.69) is 18.8 Å². The minimum atomic E-state index is 0. The molecule has 1 heterocycles. The zero-order valence-electron chi connectivity index (χ0n) is 12.3. The maximum absolute atomic E-state index is 12.5. The van der Waals surface area contributed by atoms with Crippen LogP contribution in [0.25, 0.3) is 0 Å². The third-order valence-corrected chi connectivity index (χ3v) is 2.71. The van der Waals surface area contributed by atoms with Crippen molar-refractivity contribution in [2.45, 2.75) is 20.4 Å². The van der Waals surface area contributed by atoms with Gasteiger partial charge in [0.2, 0.25) is 0 Å². The van der Waals surface area contributed by atoms with Crippen LogP contribution in [0.3, 0.4) is 0 Å². The summed E-state index contributed by atoms with van der Waals surface area (Å²) in [6, 6.07) is 3.48. The highest BCUT2D eigenvalue weighted by Gasteiger charge is 2.17. The number of pyridine rings is 1. The van der Waals surface area contributed by atoms with Crippen molar-refractivity contribution >= 4 is 18.3 Å². The number of aromatic nitrogens is 1. The number of nitrogens with zero attached hydrogens (tertiary/aromatic N) is 2. The SMILES string of the molecule is COCCN(CC(C)C)C(=O)c1ccnc(CN)c1.Cl. The lowest BCUT2D eigenvalue weighted by Crippen LogP contribution is -2.36. The molecule has 20 heavy (non-hydrogen) atoms. The lowest BCUT2D eigenvalue weighted by Gasteiger charge is -2.24. The van der Waals surface area contributed by atoms with E-state index in [-0.39, 0.29) is 18.3 Å². The van der Waals surface area contributed by atoms with Crippen LogP contribution in [0.2, 0.25) is 0 Å². The molecule has 114 valence electrons. The van der Waals surface area contributed by atoms with Gasteiger partial charge in [0.25, 0.3) is 5.91 Å². The fourth-order valence-corrected chi connectivity index (χ4v) is 1.82. The Labute approximate surface area is 126 Å². The third kappa shape index (κ3) is 5.86. The van der Waals surface area contributed by atoms with Crippen molar-refractivity contribution in [1.82, 2.24) is 9.88 Å². The summed E-state index contributed by atoms with van der Waals surface area (Å²) in [6.07, 6.45) is 1.62. The van der Waals surface area contributed by atoms with Crippen molar-refractivity contribution in [2.75, 3.05) is 26.8 Å². The van der Waals surface area contributed by atoms with Gasteiger partial charge in [0.1, 0.15) is 0 Å². The Morgan fingerprint density at radius 1 is 1.50 bits per heavy atom. The molecule has 0 unspecified atom stereocenters. The largest absolute Gasteiger partial charge is 0.383 e. The van der Waals surface area contributed by atoms with Crippen LogP contribution in [-0.4, -0.2) is 42.6 Å². The van der Waals surface area contributed by atoms with Crippen LogP contribution in [0.15, 0.2) is 18.3 Å². The van der Waals surface area contributed by atoms with Gasteiger partial charge in [-0.2, -0.15) is 0 Å². The highest BCUT2D eigenvalue weighted by molar-refractivity contribution is 5.94. The van der Waals surface area contributed by atoms with Crippen molar-refractivity contribution in [1.29, 1.82) is 0 Å². The van der Waals surface area contributed by atoms with Crippen molar-refractivity contribution < 1.29 is 9.53 Å². The summed E-state index contributed by atoms with van der Waals surface area (Å²) in [4.78, 5) is 18.4. The van der Waals surface area contributed by atoms with E-state index in [1.54, 1.807) is 25.4 Å². The van der Waals surface area contributed by atoms with Gasteiger partial charge >= 0.3 is 0 Å².